The van der Waals surface area contributed by atoms with E-state index in [0.717, 1.165) is 29.2 Å². The number of hydrogen-bond donors (Lipinski definition) is 0. The smallest absolute Gasteiger partial charge is 0.222 e. The van der Waals surface area contributed by atoms with Crippen LogP contribution >= 0.6 is 22.9 Å². The van der Waals surface area contributed by atoms with E-state index in [4.69, 9.17) is 11.6 Å². The summed E-state index contributed by atoms with van der Waals surface area (Å²) in [6.07, 6.45) is 4.50. The molecule has 0 saturated heterocycles. The highest BCUT2D eigenvalue weighted by Crippen LogP contribution is 2.33. The second-order valence-corrected chi connectivity index (χ2v) is 6.35. The average molecular weight is 305 g/mol. The molecule has 102 valence electrons. The van der Waals surface area contributed by atoms with Gasteiger partial charge in [-0.15, -0.1) is 11.3 Å². The van der Waals surface area contributed by atoms with Crippen LogP contribution in [-0.2, 0) is 12.8 Å². The number of halogens is 1. The third kappa shape index (κ3) is 2.54. The third-order valence-corrected chi connectivity index (χ3v) is 4.77. The summed E-state index contributed by atoms with van der Waals surface area (Å²) in [5, 5.41) is 10.5. The van der Waals surface area contributed by atoms with Crippen molar-refractivity contribution in [3.63, 3.8) is 0 Å². The molecule has 0 aliphatic heterocycles. The zero-order chi connectivity index (χ0) is 14.1. The van der Waals surface area contributed by atoms with Crippen LogP contribution in [0.25, 0.3) is 0 Å². The number of nitriles is 1. The van der Waals surface area contributed by atoms with Crippen molar-refractivity contribution in [2.24, 2.45) is 0 Å². The monoisotopic (exact) mass is 304 g/mol. The minimum Gasteiger partial charge on any atom is -0.244 e. The van der Waals surface area contributed by atoms with Crippen molar-refractivity contribution in [3.8, 4) is 6.07 Å². The molecular weight excluding hydrogens is 292 g/mol. The summed E-state index contributed by atoms with van der Waals surface area (Å²) in [6.45, 7) is 1.85. The molecule has 1 atom stereocenters. The summed E-state index contributed by atoms with van der Waals surface area (Å²) < 4.78 is 0. The quantitative estimate of drug-likeness (QED) is 0.797. The maximum absolute atomic E-state index is 9.49. The molecule has 0 amide bonds. The highest BCUT2D eigenvalue weighted by atomic mass is 35.5. The normalized spacial score (nSPS) is 15.4. The van der Waals surface area contributed by atoms with Crippen LogP contribution < -0.4 is 0 Å². The molecule has 1 aliphatic carbocycles. The van der Waals surface area contributed by atoms with Gasteiger partial charge in [0.25, 0.3) is 0 Å². The Morgan fingerprint density at radius 1 is 1.30 bits per heavy atom. The Balaban J connectivity index is 2.01. The van der Waals surface area contributed by atoms with Gasteiger partial charge in [0, 0.05) is 10.6 Å². The van der Waals surface area contributed by atoms with Crippen molar-refractivity contribution in [3.05, 3.63) is 38.3 Å². The SMILES string of the molecule is Cc1cc([C@@H](C#N)c2nc3c(s2)CCCC3)nc(Cl)n1. The van der Waals surface area contributed by atoms with E-state index in [0.29, 0.717) is 5.69 Å². The fraction of sp³-hybridized carbons (Fsp3) is 0.429. The summed E-state index contributed by atoms with van der Waals surface area (Å²) >= 11 is 7.53. The summed E-state index contributed by atoms with van der Waals surface area (Å²) in [6, 6.07) is 4.10. The molecule has 0 saturated carbocycles. The predicted octanol–water partition coefficient (Wildman–Crippen LogP) is 3.43. The molecule has 0 aromatic carbocycles. The van der Waals surface area contributed by atoms with E-state index in [-0.39, 0.29) is 5.28 Å². The Hall–Kier alpha value is -1.51. The van der Waals surface area contributed by atoms with Gasteiger partial charge in [-0.3, -0.25) is 0 Å². The van der Waals surface area contributed by atoms with Crippen molar-refractivity contribution in [1.82, 2.24) is 15.0 Å². The zero-order valence-electron chi connectivity index (χ0n) is 11.1. The first-order valence-electron chi connectivity index (χ1n) is 6.56. The number of nitrogens with zero attached hydrogens (tertiary/aromatic N) is 4. The first kappa shape index (κ1) is 13.5. The lowest BCUT2D eigenvalue weighted by Crippen LogP contribution is -2.04. The largest absolute Gasteiger partial charge is 0.244 e. The highest BCUT2D eigenvalue weighted by molar-refractivity contribution is 7.11. The lowest BCUT2D eigenvalue weighted by atomic mass is 10.0. The van der Waals surface area contributed by atoms with Crippen LogP contribution in [-0.4, -0.2) is 15.0 Å². The number of aromatic nitrogens is 3. The number of aryl methyl sites for hydroxylation is 3. The Morgan fingerprint density at radius 3 is 2.80 bits per heavy atom. The minimum atomic E-state index is -0.454. The number of thiazole rings is 1. The topological polar surface area (TPSA) is 62.5 Å². The second-order valence-electron chi connectivity index (χ2n) is 4.89. The van der Waals surface area contributed by atoms with Gasteiger partial charge in [-0.25, -0.2) is 15.0 Å². The Morgan fingerprint density at radius 2 is 2.10 bits per heavy atom. The molecule has 0 N–H and O–H groups in total. The number of hydrogen-bond acceptors (Lipinski definition) is 5. The van der Waals surface area contributed by atoms with Gasteiger partial charge < -0.3 is 0 Å². The Bertz CT molecular complexity index is 645. The fourth-order valence-corrected chi connectivity index (χ4v) is 3.89. The number of rotatable bonds is 2. The first-order valence-corrected chi connectivity index (χ1v) is 7.76. The minimum absolute atomic E-state index is 0.182. The van der Waals surface area contributed by atoms with E-state index in [1.165, 1.54) is 17.7 Å². The van der Waals surface area contributed by atoms with E-state index in [1.54, 1.807) is 17.4 Å². The standard InChI is InChI=1S/C14H13ClN4S/c1-8-6-11(19-14(15)17-8)9(7-16)13-18-10-4-2-3-5-12(10)20-13/h6,9H,2-5H2,1H3/t9-/m1/s1. The van der Waals surface area contributed by atoms with E-state index < -0.39 is 5.92 Å². The Labute approximate surface area is 126 Å². The van der Waals surface area contributed by atoms with Gasteiger partial charge in [-0.1, -0.05) is 0 Å². The van der Waals surface area contributed by atoms with Gasteiger partial charge >= 0.3 is 0 Å². The van der Waals surface area contributed by atoms with Crippen LogP contribution in [0.4, 0.5) is 0 Å². The molecule has 1 aliphatic rings. The highest BCUT2D eigenvalue weighted by Gasteiger charge is 2.23. The van der Waals surface area contributed by atoms with Crippen LogP contribution in [0.5, 0.6) is 0 Å². The van der Waals surface area contributed by atoms with Gasteiger partial charge in [0.1, 0.15) is 10.9 Å². The van der Waals surface area contributed by atoms with E-state index in [9.17, 15) is 5.26 Å². The zero-order valence-corrected chi connectivity index (χ0v) is 12.6. The number of fused-ring (bicyclic) bond motifs is 1. The fourth-order valence-electron chi connectivity index (χ4n) is 2.45. The summed E-state index contributed by atoms with van der Waals surface area (Å²) in [5.74, 6) is -0.454. The summed E-state index contributed by atoms with van der Waals surface area (Å²) in [7, 11) is 0. The summed E-state index contributed by atoms with van der Waals surface area (Å²) in [5.41, 5.74) is 2.56. The molecule has 3 rings (SSSR count). The van der Waals surface area contributed by atoms with Crippen LogP contribution in [0, 0.1) is 18.3 Å². The predicted molar refractivity (Wildman–Crippen MR) is 78.0 cm³/mol. The van der Waals surface area contributed by atoms with Crippen molar-refractivity contribution < 1.29 is 0 Å². The second kappa shape index (κ2) is 5.47. The molecule has 0 unspecified atom stereocenters. The van der Waals surface area contributed by atoms with Gasteiger partial charge in [-0.2, -0.15) is 5.26 Å². The molecule has 0 fully saturated rings. The maximum atomic E-state index is 9.49. The van der Waals surface area contributed by atoms with Crippen molar-refractivity contribution in [1.29, 1.82) is 5.26 Å². The van der Waals surface area contributed by atoms with Gasteiger partial charge in [-0.05, 0) is 50.3 Å². The summed E-state index contributed by atoms with van der Waals surface area (Å²) in [4.78, 5) is 14.2. The van der Waals surface area contributed by atoms with Crippen LogP contribution in [0.15, 0.2) is 6.07 Å². The first-order chi connectivity index (χ1) is 9.67. The molecule has 0 spiro atoms. The Kier molecular flexibility index (Phi) is 3.68. The van der Waals surface area contributed by atoms with Crippen molar-refractivity contribution in [2.75, 3.05) is 0 Å². The van der Waals surface area contributed by atoms with Crippen LogP contribution in [0.1, 0.15) is 45.7 Å². The molecule has 20 heavy (non-hydrogen) atoms. The third-order valence-electron chi connectivity index (χ3n) is 3.38. The molecule has 0 radical (unpaired) electrons. The molecule has 2 aromatic heterocycles. The molecular formula is C14H13ClN4S. The average Bonchev–Trinajstić information content (AvgIpc) is 2.81. The molecule has 2 aromatic rings. The molecule has 2 heterocycles. The lowest BCUT2D eigenvalue weighted by Gasteiger charge is -2.07. The van der Waals surface area contributed by atoms with E-state index in [1.807, 2.05) is 6.92 Å². The molecule has 4 nitrogen and oxygen atoms in total. The van der Waals surface area contributed by atoms with E-state index >= 15 is 0 Å². The molecule has 0 bridgehead atoms. The van der Waals surface area contributed by atoms with Crippen molar-refractivity contribution >= 4 is 22.9 Å². The maximum Gasteiger partial charge on any atom is 0.222 e. The van der Waals surface area contributed by atoms with E-state index in [2.05, 4.69) is 21.0 Å². The van der Waals surface area contributed by atoms with Gasteiger partial charge in [0.2, 0.25) is 5.28 Å². The van der Waals surface area contributed by atoms with Gasteiger partial charge in [0.05, 0.1) is 17.5 Å². The van der Waals surface area contributed by atoms with Crippen LogP contribution in [0.2, 0.25) is 5.28 Å². The van der Waals surface area contributed by atoms with Crippen molar-refractivity contribution in [2.45, 2.75) is 38.5 Å². The molecule has 6 heteroatoms. The lowest BCUT2D eigenvalue weighted by molar-refractivity contribution is 0.680. The van der Waals surface area contributed by atoms with Crippen LogP contribution in [0.3, 0.4) is 0 Å². The van der Waals surface area contributed by atoms with Gasteiger partial charge in [0.15, 0.2) is 0 Å².